The zero-order chi connectivity index (χ0) is 37.4. The summed E-state index contributed by atoms with van der Waals surface area (Å²) in [5, 5.41) is 4.69. The summed E-state index contributed by atoms with van der Waals surface area (Å²) in [6.07, 6.45) is 0. The van der Waals surface area contributed by atoms with Crippen molar-refractivity contribution < 1.29 is 4.42 Å². The Morgan fingerprint density at radius 2 is 1.04 bits per heavy atom. The molecular formula is C53H36N2O. The van der Waals surface area contributed by atoms with Crippen molar-refractivity contribution in [3.63, 3.8) is 0 Å². The summed E-state index contributed by atoms with van der Waals surface area (Å²) < 4.78 is 6.57. The first-order valence-electron chi connectivity index (χ1n) is 19.2. The van der Waals surface area contributed by atoms with Crippen molar-refractivity contribution >= 4 is 32.7 Å². The predicted octanol–water partition coefficient (Wildman–Crippen LogP) is 14.2. The molecule has 0 atom stereocenters. The van der Waals surface area contributed by atoms with Crippen LogP contribution in [-0.2, 0) is 5.41 Å². The van der Waals surface area contributed by atoms with Gasteiger partial charge in [-0.15, -0.1) is 0 Å². The second-order valence-corrected chi connectivity index (χ2v) is 15.3. The number of nitrogens with zero attached hydrogens (tertiary/aromatic N) is 2. The summed E-state index contributed by atoms with van der Waals surface area (Å²) >= 11 is 0. The Hall–Kier alpha value is -7.10. The lowest BCUT2D eigenvalue weighted by atomic mass is 9.81. The van der Waals surface area contributed by atoms with Crippen LogP contribution in [0.4, 0.5) is 0 Å². The van der Waals surface area contributed by atoms with E-state index in [0.717, 1.165) is 72.3 Å². The van der Waals surface area contributed by atoms with E-state index in [-0.39, 0.29) is 5.41 Å². The van der Waals surface area contributed by atoms with Gasteiger partial charge in [0.15, 0.2) is 5.82 Å². The first kappa shape index (κ1) is 32.3. The molecule has 2 aromatic heterocycles. The fourth-order valence-corrected chi connectivity index (χ4v) is 8.93. The number of furan rings is 1. The van der Waals surface area contributed by atoms with Crippen LogP contribution in [0.5, 0.6) is 0 Å². The van der Waals surface area contributed by atoms with E-state index >= 15 is 0 Å². The molecule has 8 aromatic carbocycles. The molecule has 1 aliphatic rings. The molecule has 3 nitrogen and oxygen atoms in total. The Kier molecular flexibility index (Phi) is 7.20. The minimum atomic E-state index is -0.169. The first-order valence-corrected chi connectivity index (χ1v) is 19.2. The van der Waals surface area contributed by atoms with Gasteiger partial charge >= 0.3 is 0 Å². The van der Waals surface area contributed by atoms with Crippen LogP contribution in [0.3, 0.4) is 0 Å². The van der Waals surface area contributed by atoms with Crippen LogP contribution in [0, 0.1) is 0 Å². The van der Waals surface area contributed by atoms with E-state index in [4.69, 9.17) is 14.4 Å². The largest absolute Gasteiger partial charge is 0.456 e. The molecule has 0 N–H and O–H groups in total. The fourth-order valence-electron chi connectivity index (χ4n) is 8.93. The van der Waals surface area contributed by atoms with Crippen LogP contribution in [-0.4, -0.2) is 9.97 Å². The maximum Gasteiger partial charge on any atom is 0.160 e. The van der Waals surface area contributed by atoms with Gasteiger partial charge in [-0.25, -0.2) is 9.97 Å². The maximum absolute atomic E-state index is 6.57. The molecule has 0 bridgehead atoms. The molecular weight excluding hydrogens is 681 g/mol. The number of hydrogen-bond acceptors (Lipinski definition) is 3. The highest BCUT2D eigenvalue weighted by Crippen LogP contribution is 2.53. The summed E-state index contributed by atoms with van der Waals surface area (Å²) in [6, 6.07) is 64.7. The molecule has 56 heavy (non-hydrogen) atoms. The van der Waals surface area contributed by atoms with Gasteiger partial charge < -0.3 is 4.42 Å². The van der Waals surface area contributed by atoms with Gasteiger partial charge in [0.1, 0.15) is 11.2 Å². The van der Waals surface area contributed by atoms with Gasteiger partial charge in [0.2, 0.25) is 0 Å². The molecule has 0 spiro atoms. The van der Waals surface area contributed by atoms with Gasteiger partial charge in [0.25, 0.3) is 0 Å². The average Bonchev–Trinajstić information content (AvgIpc) is 3.74. The van der Waals surface area contributed by atoms with Crippen molar-refractivity contribution in [1.29, 1.82) is 0 Å². The lowest BCUT2D eigenvalue weighted by molar-refractivity contribution is 0.661. The molecule has 0 unspecified atom stereocenters. The van der Waals surface area contributed by atoms with Gasteiger partial charge in [-0.3, -0.25) is 0 Å². The highest BCUT2D eigenvalue weighted by Gasteiger charge is 2.37. The van der Waals surface area contributed by atoms with Gasteiger partial charge in [-0.1, -0.05) is 159 Å². The van der Waals surface area contributed by atoms with E-state index in [2.05, 4.69) is 184 Å². The Balaban J connectivity index is 1.18. The van der Waals surface area contributed by atoms with Crippen LogP contribution in [0.15, 0.2) is 186 Å². The summed E-state index contributed by atoms with van der Waals surface area (Å²) in [7, 11) is 0. The third-order valence-electron chi connectivity index (χ3n) is 11.7. The summed E-state index contributed by atoms with van der Waals surface area (Å²) in [4.78, 5) is 10.7. The molecule has 0 fully saturated rings. The van der Waals surface area contributed by atoms with Crippen LogP contribution in [0.1, 0.15) is 25.0 Å². The van der Waals surface area contributed by atoms with Crippen molar-refractivity contribution in [3.8, 4) is 67.3 Å². The quantitative estimate of drug-likeness (QED) is 0.178. The molecule has 0 aliphatic heterocycles. The lowest BCUT2D eigenvalue weighted by Gasteiger charge is -2.22. The van der Waals surface area contributed by atoms with Crippen molar-refractivity contribution in [2.45, 2.75) is 19.3 Å². The van der Waals surface area contributed by atoms with E-state index in [9.17, 15) is 0 Å². The zero-order valence-corrected chi connectivity index (χ0v) is 31.1. The molecule has 0 saturated carbocycles. The second kappa shape index (κ2) is 12.5. The molecule has 10 aromatic rings. The van der Waals surface area contributed by atoms with Gasteiger partial charge in [-0.2, -0.15) is 0 Å². The van der Waals surface area contributed by atoms with Crippen LogP contribution in [0.2, 0.25) is 0 Å². The summed E-state index contributed by atoms with van der Waals surface area (Å²) in [6.45, 7) is 4.69. The molecule has 0 radical (unpaired) electrons. The number of para-hydroxylation sites is 1. The van der Waals surface area contributed by atoms with Crippen LogP contribution < -0.4 is 0 Å². The highest BCUT2D eigenvalue weighted by atomic mass is 16.3. The third-order valence-corrected chi connectivity index (χ3v) is 11.7. The fraction of sp³-hybridized carbons (Fsp3) is 0.0566. The average molecular weight is 717 g/mol. The standard InChI is InChI=1S/C53H36N2O/c1-53(2)44-26-15-25-40(50(44)43-28-35-20-9-10-21-36(35)30-45(43)53)47-32-46(54-52(55-47)34-18-7-4-8-19-34)39-23-12-11-22-38(39)42-29-37(33-16-5-3-6-17-33)31-49-51(42)41-24-13-14-27-48(41)56-49/h3-32H,1-2H3. The van der Waals surface area contributed by atoms with Crippen LogP contribution >= 0.6 is 0 Å². The van der Waals surface area contributed by atoms with Crippen molar-refractivity contribution in [2.75, 3.05) is 0 Å². The van der Waals surface area contributed by atoms with Gasteiger partial charge in [0.05, 0.1) is 11.4 Å². The van der Waals surface area contributed by atoms with E-state index in [1.807, 2.05) is 12.1 Å². The first-order chi connectivity index (χ1) is 27.5. The van der Waals surface area contributed by atoms with Crippen LogP contribution in [0.25, 0.3) is 100.0 Å². The summed E-state index contributed by atoms with van der Waals surface area (Å²) in [5.74, 6) is 0.693. The second-order valence-electron chi connectivity index (χ2n) is 15.3. The van der Waals surface area contributed by atoms with Crippen molar-refractivity contribution in [3.05, 3.63) is 193 Å². The van der Waals surface area contributed by atoms with E-state index in [1.54, 1.807) is 0 Å². The number of rotatable bonds is 5. The lowest BCUT2D eigenvalue weighted by Crippen LogP contribution is -2.14. The molecule has 0 saturated heterocycles. The number of fused-ring (bicyclic) bond motifs is 7. The molecule has 264 valence electrons. The van der Waals surface area contributed by atoms with E-state index in [1.165, 1.54) is 33.0 Å². The number of hydrogen-bond donors (Lipinski definition) is 0. The predicted molar refractivity (Wildman–Crippen MR) is 232 cm³/mol. The SMILES string of the molecule is CC1(C)c2cc3ccccc3cc2-c2c(-c3cc(-c4ccccc4-c4cc(-c5ccccc5)cc5oc6ccccc6c45)nc(-c4ccccc4)n3)cccc21. The van der Waals surface area contributed by atoms with Gasteiger partial charge in [0, 0.05) is 32.9 Å². The zero-order valence-electron chi connectivity index (χ0n) is 31.1. The molecule has 11 rings (SSSR count). The Morgan fingerprint density at radius 1 is 0.411 bits per heavy atom. The third kappa shape index (κ3) is 5.05. The minimum absolute atomic E-state index is 0.169. The Labute approximate surface area is 325 Å². The smallest absolute Gasteiger partial charge is 0.160 e. The Bertz CT molecular complexity index is 3160. The molecule has 2 heterocycles. The molecule has 1 aliphatic carbocycles. The van der Waals surface area contributed by atoms with Crippen molar-refractivity contribution in [1.82, 2.24) is 9.97 Å². The number of benzene rings is 8. The van der Waals surface area contributed by atoms with E-state index in [0.29, 0.717) is 5.82 Å². The molecule has 0 amide bonds. The van der Waals surface area contributed by atoms with Crippen molar-refractivity contribution in [2.24, 2.45) is 0 Å². The van der Waals surface area contributed by atoms with Gasteiger partial charge in [-0.05, 0) is 91.7 Å². The van der Waals surface area contributed by atoms with E-state index < -0.39 is 0 Å². The minimum Gasteiger partial charge on any atom is -0.456 e. The highest BCUT2D eigenvalue weighted by molar-refractivity contribution is 6.15. The number of aromatic nitrogens is 2. The normalized spacial score (nSPS) is 13.0. The molecule has 3 heteroatoms. The monoisotopic (exact) mass is 716 g/mol. The summed E-state index contributed by atoms with van der Waals surface area (Å²) in [5.41, 5.74) is 16.0. The maximum atomic E-state index is 6.57. The Morgan fingerprint density at radius 3 is 1.82 bits per heavy atom. The topological polar surface area (TPSA) is 38.9 Å².